The van der Waals surface area contributed by atoms with E-state index in [4.69, 9.17) is 9.47 Å². The molecule has 1 atom stereocenters. The van der Waals surface area contributed by atoms with E-state index in [9.17, 15) is 14.7 Å². The third-order valence-corrected chi connectivity index (χ3v) is 8.28. The lowest BCUT2D eigenvalue weighted by molar-refractivity contribution is -0.161. The Morgan fingerprint density at radius 1 is 0.444 bits per heavy atom. The largest absolute Gasteiger partial charge is 0.461 e. The minimum absolute atomic E-state index is 0.131. The van der Waals surface area contributed by atoms with Gasteiger partial charge < -0.3 is 14.6 Å². The molecule has 1 N–H and O–H groups in total. The van der Waals surface area contributed by atoms with E-state index in [2.05, 4.69) is 123 Å². The van der Waals surface area contributed by atoms with Crippen LogP contribution < -0.4 is 0 Å². The molecule has 0 radical (unpaired) electrons. The number of hydrogen-bond acceptors (Lipinski definition) is 5. The molecule has 54 heavy (non-hydrogen) atoms. The molecule has 0 heterocycles. The van der Waals surface area contributed by atoms with E-state index in [-0.39, 0.29) is 25.6 Å². The van der Waals surface area contributed by atoms with Crippen LogP contribution >= 0.6 is 0 Å². The molecule has 0 rings (SSSR count). The highest BCUT2D eigenvalue weighted by Crippen LogP contribution is 2.12. The SMILES string of the molecule is CC/C=C\C/C=C\C/C=C\C/C=C\C/C=C\CCCCCCCCCCCC(=O)OC(CO)COC(=O)C/C=C\C/C=C\C/C=C\C/C=C\C/C=C\CC. The van der Waals surface area contributed by atoms with Crippen molar-refractivity contribution in [1.29, 1.82) is 0 Å². The lowest BCUT2D eigenvalue weighted by Gasteiger charge is -2.15. The average molecular weight is 745 g/mol. The Bertz CT molecular complexity index is 1160. The van der Waals surface area contributed by atoms with Gasteiger partial charge in [-0.25, -0.2) is 0 Å². The number of carbonyl (C=O) groups excluding carboxylic acids is 2. The van der Waals surface area contributed by atoms with Gasteiger partial charge in [0, 0.05) is 6.42 Å². The summed E-state index contributed by atoms with van der Waals surface area (Å²) < 4.78 is 10.5. The lowest BCUT2D eigenvalue weighted by atomic mass is 10.1. The fraction of sp³-hybridized carbons (Fsp3) is 0.551. The van der Waals surface area contributed by atoms with Gasteiger partial charge in [0.05, 0.1) is 13.0 Å². The molecule has 0 aromatic carbocycles. The lowest BCUT2D eigenvalue weighted by Crippen LogP contribution is -2.28. The maximum atomic E-state index is 12.2. The first-order chi connectivity index (χ1) is 26.6. The normalized spacial score (nSPS) is 13.5. The van der Waals surface area contributed by atoms with Gasteiger partial charge in [-0.15, -0.1) is 0 Å². The van der Waals surface area contributed by atoms with Gasteiger partial charge in [-0.05, 0) is 83.5 Å². The minimum Gasteiger partial charge on any atom is -0.461 e. The van der Waals surface area contributed by atoms with Crippen LogP contribution in [0.4, 0.5) is 0 Å². The number of esters is 2. The van der Waals surface area contributed by atoms with E-state index in [1.54, 1.807) is 6.08 Å². The number of hydrogen-bond donors (Lipinski definition) is 1. The van der Waals surface area contributed by atoms with E-state index < -0.39 is 12.1 Å². The fourth-order valence-electron chi connectivity index (χ4n) is 5.18. The molecule has 0 aromatic rings. The summed E-state index contributed by atoms with van der Waals surface area (Å²) in [7, 11) is 0. The van der Waals surface area contributed by atoms with Crippen molar-refractivity contribution in [2.24, 2.45) is 0 Å². The van der Waals surface area contributed by atoms with Crippen molar-refractivity contribution in [2.45, 2.75) is 161 Å². The van der Waals surface area contributed by atoms with Crippen LogP contribution in [0.1, 0.15) is 155 Å². The number of ether oxygens (including phenoxy) is 2. The zero-order valence-corrected chi connectivity index (χ0v) is 34.2. The Balaban J connectivity index is 3.69. The van der Waals surface area contributed by atoms with Gasteiger partial charge in [0.1, 0.15) is 6.61 Å². The van der Waals surface area contributed by atoms with Crippen molar-refractivity contribution < 1.29 is 24.2 Å². The highest BCUT2D eigenvalue weighted by Gasteiger charge is 2.15. The molecule has 0 bridgehead atoms. The zero-order chi connectivity index (χ0) is 39.3. The van der Waals surface area contributed by atoms with Crippen molar-refractivity contribution in [2.75, 3.05) is 13.2 Å². The quantitative estimate of drug-likeness (QED) is 0.0393. The van der Waals surface area contributed by atoms with Gasteiger partial charge in [-0.1, -0.05) is 180 Å². The van der Waals surface area contributed by atoms with Crippen LogP contribution in [0.15, 0.2) is 122 Å². The molecule has 5 heteroatoms. The second kappa shape index (κ2) is 43.7. The Kier molecular flexibility index (Phi) is 40.7. The zero-order valence-electron chi connectivity index (χ0n) is 34.2. The topological polar surface area (TPSA) is 72.8 Å². The number of aliphatic hydroxyl groups excluding tert-OH is 1. The smallest absolute Gasteiger partial charge is 0.309 e. The molecule has 0 spiro atoms. The van der Waals surface area contributed by atoms with Crippen molar-refractivity contribution in [3.8, 4) is 0 Å². The maximum absolute atomic E-state index is 12.2. The summed E-state index contributed by atoms with van der Waals surface area (Å²) >= 11 is 0. The van der Waals surface area contributed by atoms with Gasteiger partial charge >= 0.3 is 11.9 Å². The molecule has 0 saturated carbocycles. The van der Waals surface area contributed by atoms with E-state index in [1.807, 2.05) is 6.08 Å². The van der Waals surface area contributed by atoms with E-state index in [1.165, 1.54) is 38.5 Å². The van der Waals surface area contributed by atoms with Crippen LogP contribution in [0.25, 0.3) is 0 Å². The Morgan fingerprint density at radius 2 is 0.796 bits per heavy atom. The van der Waals surface area contributed by atoms with E-state index in [0.29, 0.717) is 6.42 Å². The van der Waals surface area contributed by atoms with Gasteiger partial charge in [-0.3, -0.25) is 9.59 Å². The van der Waals surface area contributed by atoms with Gasteiger partial charge in [0.15, 0.2) is 6.10 Å². The molecule has 0 fully saturated rings. The molecular weight excluding hydrogens is 669 g/mol. The van der Waals surface area contributed by atoms with Gasteiger partial charge in [-0.2, -0.15) is 0 Å². The standard InChI is InChI=1S/C49H76O5/c1-3-5-7-9-11-13-15-17-19-20-21-22-23-24-25-26-27-28-30-32-34-36-38-40-42-44-49(52)54-47(45-50)46-53-48(51)43-41-39-37-35-33-31-29-18-16-14-12-10-8-6-4-2/h5-8,11-14,17-19,21-22,24-25,29,33,35,39,41,47,50H,3-4,9-10,15-16,20,23,26-28,30-32,34,36-38,40,42-46H2,1-2H3/b7-5-,8-6-,13-11-,14-12-,19-17-,22-21-,25-24-,29-18-,35-33-,41-39-. The molecule has 1 unspecified atom stereocenters. The summed E-state index contributed by atoms with van der Waals surface area (Å²) in [5.74, 6) is -0.758. The number of unbranched alkanes of at least 4 members (excludes halogenated alkanes) is 9. The first-order valence-corrected chi connectivity index (χ1v) is 21.1. The summed E-state index contributed by atoms with van der Waals surface area (Å²) in [6.45, 7) is 3.79. The predicted molar refractivity (Wildman–Crippen MR) is 232 cm³/mol. The highest BCUT2D eigenvalue weighted by molar-refractivity contribution is 5.71. The summed E-state index contributed by atoms with van der Waals surface area (Å²) in [5.41, 5.74) is 0. The second-order valence-corrected chi connectivity index (χ2v) is 13.3. The molecule has 0 saturated heterocycles. The molecule has 0 aromatic heterocycles. The van der Waals surface area contributed by atoms with Crippen LogP contribution in [0.2, 0.25) is 0 Å². The van der Waals surface area contributed by atoms with Crippen LogP contribution in [-0.2, 0) is 19.1 Å². The van der Waals surface area contributed by atoms with Gasteiger partial charge in [0.2, 0.25) is 0 Å². The predicted octanol–water partition coefficient (Wildman–Crippen LogP) is 13.6. The molecule has 0 aliphatic heterocycles. The molecule has 0 aliphatic carbocycles. The fourth-order valence-corrected chi connectivity index (χ4v) is 5.18. The number of aliphatic hydroxyl groups is 1. The summed E-state index contributed by atoms with van der Waals surface area (Å²) in [5, 5.41) is 9.56. The first-order valence-electron chi connectivity index (χ1n) is 21.1. The number of allylic oxidation sites excluding steroid dienone is 19. The molecule has 0 aliphatic rings. The van der Waals surface area contributed by atoms with E-state index in [0.717, 1.165) is 89.9 Å². The number of carbonyl (C=O) groups is 2. The molecular formula is C49H76O5. The summed E-state index contributed by atoms with van der Waals surface area (Å²) in [4.78, 5) is 24.2. The van der Waals surface area contributed by atoms with Crippen molar-refractivity contribution in [3.05, 3.63) is 122 Å². The van der Waals surface area contributed by atoms with Gasteiger partial charge in [0.25, 0.3) is 0 Å². The monoisotopic (exact) mass is 745 g/mol. The van der Waals surface area contributed by atoms with E-state index >= 15 is 0 Å². The van der Waals surface area contributed by atoms with Crippen molar-refractivity contribution in [1.82, 2.24) is 0 Å². The average Bonchev–Trinajstić information content (AvgIpc) is 3.17. The van der Waals surface area contributed by atoms with Crippen molar-refractivity contribution >= 4 is 11.9 Å². The number of rotatable bonds is 36. The third kappa shape index (κ3) is 41.1. The Labute approximate surface area is 331 Å². The second-order valence-electron chi connectivity index (χ2n) is 13.3. The third-order valence-electron chi connectivity index (χ3n) is 8.28. The first kappa shape index (κ1) is 50.3. The van der Waals surface area contributed by atoms with Crippen LogP contribution in [0, 0.1) is 0 Å². The maximum Gasteiger partial charge on any atom is 0.309 e. The highest BCUT2D eigenvalue weighted by atomic mass is 16.6. The molecule has 0 amide bonds. The summed E-state index contributed by atoms with van der Waals surface area (Å²) in [6, 6.07) is 0. The minimum atomic E-state index is -0.823. The summed E-state index contributed by atoms with van der Waals surface area (Å²) in [6.07, 6.45) is 64.3. The Hall–Kier alpha value is -3.70. The Morgan fingerprint density at radius 3 is 1.20 bits per heavy atom. The molecule has 5 nitrogen and oxygen atoms in total. The van der Waals surface area contributed by atoms with Crippen molar-refractivity contribution in [3.63, 3.8) is 0 Å². The van der Waals surface area contributed by atoms with Crippen LogP contribution in [0.5, 0.6) is 0 Å². The van der Waals surface area contributed by atoms with Crippen LogP contribution in [0.3, 0.4) is 0 Å². The van der Waals surface area contributed by atoms with Crippen LogP contribution in [-0.4, -0.2) is 36.4 Å². The molecule has 302 valence electrons.